The molecular formula is C33H35F3N4O4. The van der Waals surface area contributed by atoms with Crippen molar-refractivity contribution in [3.63, 3.8) is 0 Å². The summed E-state index contributed by atoms with van der Waals surface area (Å²) in [4.78, 5) is 41.9. The number of nitrogens with one attached hydrogen (secondary N) is 2. The summed E-state index contributed by atoms with van der Waals surface area (Å²) >= 11 is 0. The monoisotopic (exact) mass is 608 g/mol. The Hall–Kier alpha value is -4.38. The quantitative estimate of drug-likeness (QED) is 0.344. The zero-order valence-electron chi connectivity index (χ0n) is 24.2. The third kappa shape index (κ3) is 8.16. The highest BCUT2D eigenvalue weighted by Gasteiger charge is 2.32. The molecule has 0 bridgehead atoms. The van der Waals surface area contributed by atoms with Crippen LogP contribution in [0.15, 0.2) is 78.9 Å². The number of hydrogen-bond donors (Lipinski definition) is 2. The van der Waals surface area contributed by atoms with E-state index >= 15 is 0 Å². The Labute approximate surface area is 254 Å². The van der Waals surface area contributed by atoms with Crippen molar-refractivity contribution in [2.45, 2.75) is 44.1 Å². The predicted octanol–water partition coefficient (Wildman–Crippen LogP) is 4.65. The van der Waals surface area contributed by atoms with Gasteiger partial charge in [-0.2, -0.15) is 13.2 Å². The van der Waals surface area contributed by atoms with E-state index in [9.17, 15) is 27.6 Å². The molecule has 0 aliphatic carbocycles. The Morgan fingerprint density at radius 3 is 2.27 bits per heavy atom. The summed E-state index contributed by atoms with van der Waals surface area (Å²) in [5, 5.41) is 5.34. The third-order valence-electron chi connectivity index (χ3n) is 8.11. The SMILES string of the molecule is O=C(CNC(=O)c1cccc(C(F)(F)F)c1)N[C@@H]1CCN(C2CCN(c3ccc(C(=O)OCc4ccccc4)cc3)CC2)C1. The van der Waals surface area contributed by atoms with Crippen LogP contribution in [0.4, 0.5) is 18.9 Å². The molecule has 1 atom stereocenters. The number of rotatable bonds is 9. The first kappa shape index (κ1) is 31.1. The number of benzene rings is 3. The highest BCUT2D eigenvalue weighted by Crippen LogP contribution is 2.29. The number of anilines is 1. The minimum Gasteiger partial charge on any atom is -0.457 e. The van der Waals surface area contributed by atoms with Crippen LogP contribution in [0.2, 0.25) is 0 Å². The van der Waals surface area contributed by atoms with E-state index in [2.05, 4.69) is 20.4 Å². The van der Waals surface area contributed by atoms with Crippen LogP contribution in [0.25, 0.3) is 0 Å². The molecule has 232 valence electrons. The number of carbonyl (C=O) groups excluding carboxylic acids is 3. The van der Waals surface area contributed by atoms with Gasteiger partial charge >= 0.3 is 12.1 Å². The average Bonchev–Trinajstić information content (AvgIpc) is 3.51. The van der Waals surface area contributed by atoms with Crippen molar-refractivity contribution < 1.29 is 32.3 Å². The van der Waals surface area contributed by atoms with Gasteiger partial charge in [0.25, 0.3) is 5.91 Å². The number of likely N-dealkylation sites (tertiary alicyclic amines) is 1. The van der Waals surface area contributed by atoms with E-state index in [1.54, 1.807) is 12.1 Å². The molecule has 0 unspecified atom stereocenters. The Morgan fingerprint density at radius 2 is 1.57 bits per heavy atom. The molecule has 2 heterocycles. The van der Waals surface area contributed by atoms with Gasteiger partial charge in [0.15, 0.2) is 0 Å². The van der Waals surface area contributed by atoms with Gasteiger partial charge in [0.2, 0.25) is 5.91 Å². The zero-order chi connectivity index (χ0) is 31.1. The van der Waals surface area contributed by atoms with E-state index < -0.39 is 17.6 Å². The minimum absolute atomic E-state index is 0.0554. The van der Waals surface area contributed by atoms with Crippen molar-refractivity contribution in [1.82, 2.24) is 15.5 Å². The van der Waals surface area contributed by atoms with E-state index in [0.29, 0.717) is 18.2 Å². The largest absolute Gasteiger partial charge is 0.457 e. The van der Waals surface area contributed by atoms with Crippen LogP contribution in [0.1, 0.15) is 51.1 Å². The lowest BCUT2D eigenvalue weighted by Crippen LogP contribution is -2.46. The normalized spacial score (nSPS) is 17.7. The molecule has 2 fully saturated rings. The fraction of sp³-hybridized carbons (Fsp3) is 0.364. The van der Waals surface area contributed by atoms with Crippen molar-refractivity contribution in [3.8, 4) is 0 Å². The first-order valence-corrected chi connectivity index (χ1v) is 14.7. The molecule has 5 rings (SSSR count). The Bertz CT molecular complexity index is 1440. The summed E-state index contributed by atoms with van der Waals surface area (Å²) in [6.07, 6.45) is -1.83. The van der Waals surface area contributed by atoms with E-state index in [1.165, 1.54) is 6.07 Å². The smallest absolute Gasteiger partial charge is 0.416 e. The van der Waals surface area contributed by atoms with Crippen LogP contribution in [0.5, 0.6) is 0 Å². The molecule has 3 aromatic carbocycles. The molecular weight excluding hydrogens is 573 g/mol. The lowest BCUT2D eigenvalue weighted by atomic mass is 10.0. The van der Waals surface area contributed by atoms with E-state index in [0.717, 1.165) is 68.3 Å². The number of alkyl halides is 3. The van der Waals surface area contributed by atoms with Gasteiger partial charge in [0.05, 0.1) is 17.7 Å². The van der Waals surface area contributed by atoms with E-state index in [4.69, 9.17) is 4.74 Å². The van der Waals surface area contributed by atoms with Crippen molar-refractivity contribution >= 4 is 23.5 Å². The fourth-order valence-electron chi connectivity index (χ4n) is 5.72. The lowest BCUT2D eigenvalue weighted by molar-refractivity contribution is -0.137. The van der Waals surface area contributed by atoms with Crippen molar-refractivity contribution in [2.75, 3.05) is 37.6 Å². The van der Waals surface area contributed by atoms with Gasteiger partial charge < -0.3 is 20.3 Å². The van der Waals surface area contributed by atoms with Crippen LogP contribution in [-0.2, 0) is 22.3 Å². The summed E-state index contributed by atoms with van der Waals surface area (Å²) < 4.78 is 44.2. The van der Waals surface area contributed by atoms with Crippen LogP contribution in [-0.4, -0.2) is 67.5 Å². The third-order valence-corrected chi connectivity index (χ3v) is 8.11. The van der Waals surface area contributed by atoms with Gasteiger partial charge in [0, 0.05) is 49.5 Å². The molecule has 3 aromatic rings. The number of hydrogen-bond acceptors (Lipinski definition) is 6. The van der Waals surface area contributed by atoms with Crippen molar-refractivity contribution in [1.29, 1.82) is 0 Å². The maximum Gasteiger partial charge on any atom is 0.416 e. The Kier molecular flexibility index (Phi) is 9.84. The molecule has 2 aliphatic rings. The number of carbonyl (C=O) groups is 3. The second kappa shape index (κ2) is 13.9. The number of piperidine rings is 1. The summed E-state index contributed by atoms with van der Waals surface area (Å²) in [5.74, 6) is -1.46. The maximum absolute atomic E-state index is 12.9. The first-order valence-electron chi connectivity index (χ1n) is 14.7. The summed E-state index contributed by atoms with van der Waals surface area (Å²) in [6, 6.07) is 21.5. The number of nitrogens with zero attached hydrogens (tertiary/aromatic N) is 2. The number of halogens is 3. The molecule has 0 radical (unpaired) electrons. The molecule has 11 heteroatoms. The van der Waals surface area contributed by atoms with Gasteiger partial charge in [-0.3, -0.25) is 14.5 Å². The zero-order valence-corrected chi connectivity index (χ0v) is 24.2. The summed E-state index contributed by atoms with van der Waals surface area (Å²) in [6.45, 7) is 3.22. The van der Waals surface area contributed by atoms with Crippen molar-refractivity contribution in [3.05, 3.63) is 101 Å². The molecule has 0 aromatic heterocycles. The van der Waals surface area contributed by atoms with Crippen LogP contribution in [0, 0.1) is 0 Å². The van der Waals surface area contributed by atoms with Crippen molar-refractivity contribution in [2.24, 2.45) is 0 Å². The Balaban J connectivity index is 1.02. The van der Waals surface area contributed by atoms with E-state index in [-0.39, 0.29) is 36.6 Å². The maximum atomic E-state index is 12.9. The number of ether oxygens (including phenoxy) is 1. The predicted molar refractivity (Wildman–Crippen MR) is 159 cm³/mol. The van der Waals surface area contributed by atoms with Gasteiger partial charge in [-0.1, -0.05) is 36.4 Å². The molecule has 2 saturated heterocycles. The standard InChI is InChI=1S/C33H35F3N4O4/c34-33(35,36)26-8-4-7-25(19-26)31(42)37-20-30(41)38-27-13-16-40(21-27)29-14-17-39(18-15-29)28-11-9-24(10-12-28)32(43)44-22-23-5-2-1-3-6-23/h1-12,19,27,29H,13-18,20-22H2,(H,37,42)(H,38,41)/t27-/m1/s1. The molecule has 44 heavy (non-hydrogen) atoms. The molecule has 2 amide bonds. The molecule has 2 N–H and O–H groups in total. The van der Waals surface area contributed by atoms with E-state index in [1.807, 2.05) is 42.5 Å². The molecule has 0 spiro atoms. The molecule has 0 saturated carbocycles. The highest BCUT2D eigenvalue weighted by atomic mass is 19.4. The summed E-state index contributed by atoms with van der Waals surface area (Å²) in [7, 11) is 0. The van der Waals surface area contributed by atoms with Gasteiger partial charge in [-0.25, -0.2) is 4.79 Å². The second-order valence-corrected chi connectivity index (χ2v) is 11.1. The topological polar surface area (TPSA) is 91.0 Å². The lowest BCUT2D eigenvalue weighted by Gasteiger charge is -2.38. The van der Waals surface area contributed by atoms with Crippen LogP contribution in [0.3, 0.4) is 0 Å². The fourth-order valence-corrected chi connectivity index (χ4v) is 5.72. The Morgan fingerprint density at radius 1 is 0.841 bits per heavy atom. The van der Waals surface area contributed by atoms with Crippen LogP contribution < -0.4 is 15.5 Å². The molecule has 2 aliphatic heterocycles. The van der Waals surface area contributed by atoms with Crippen LogP contribution >= 0.6 is 0 Å². The molecule has 8 nitrogen and oxygen atoms in total. The first-order chi connectivity index (χ1) is 21.2. The minimum atomic E-state index is -4.55. The second-order valence-electron chi connectivity index (χ2n) is 11.1. The number of amides is 2. The van der Waals surface area contributed by atoms with Gasteiger partial charge in [-0.15, -0.1) is 0 Å². The highest BCUT2D eigenvalue weighted by molar-refractivity contribution is 5.96. The summed E-state index contributed by atoms with van der Waals surface area (Å²) in [5.41, 5.74) is 1.44. The number of esters is 1. The van der Waals surface area contributed by atoms with Gasteiger partial charge in [-0.05, 0) is 67.3 Å². The average molecular weight is 609 g/mol. The van der Waals surface area contributed by atoms with Gasteiger partial charge in [0.1, 0.15) is 6.61 Å².